The van der Waals surface area contributed by atoms with Gasteiger partial charge in [-0.05, 0) is 33.7 Å². The Bertz CT molecular complexity index is 331. The fourth-order valence-electron chi connectivity index (χ4n) is 1.59. The van der Waals surface area contributed by atoms with Gasteiger partial charge < -0.3 is 19.0 Å². The molecule has 0 spiro atoms. The van der Waals surface area contributed by atoms with Crippen molar-refractivity contribution in [2.75, 3.05) is 26.0 Å². The highest BCUT2D eigenvalue weighted by molar-refractivity contribution is 7.86. The topological polar surface area (TPSA) is 97.1 Å². The molecule has 0 aromatic heterocycles. The highest BCUT2D eigenvalue weighted by Gasteiger charge is 2.42. The van der Waals surface area contributed by atoms with Crippen molar-refractivity contribution in [2.24, 2.45) is 5.73 Å². The van der Waals surface area contributed by atoms with Gasteiger partial charge in [-0.3, -0.25) is 0 Å². The summed E-state index contributed by atoms with van der Waals surface area (Å²) in [5, 5.41) is 0. The van der Waals surface area contributed by atoms with Crippen LogP contribution in [0.5, 0.6) is 0 Å². The van der Waals surface area contributed by atoms with Crippen molar-refractivity contribution < 1.29 is 25.9 Å². The Balaban J connectivity index is 4.78. The largest absolute Gasteiger partial charge is 0.502 e. The maximum absolute atomic E-state index is 11.1. The second-order valence-electron chi connectivity index (χ2n) is 3.93. The van der Waals surface area contributed by atoms with Crippen molar-refractivity contribution in [2.45, 2.75) is 39.5 Å². The first-order valence-corrected chi connectivity index (χ1v) is 10.1. The third-order valence-electron chi connectivity index (χ3n) is 2.07. The minimum absolute atomic E-state index is 0.419. The standard InChI is InChI=1S/C10H25NO6SSi/c1-5-14-19(15-6-2,9-7-8-11)17-10(3)16-18(4,12)13/h10H,5-9,11H2,1-4H3. The second kappa shape index (κ2) is 9.00. The minimum Gasteiger partial charge on any atom is -0.374 e. The van der Waals surface area contributed by atoms with E-state index in [1.165, 1.54) is 6.92 Å². The van der Waals surface area contributed by atoms with Gasteiger partial charge in [-0.25, -0.2) is 4.18 Å². The normalized spacial score (nSPS) is 14.6. The predicted octanol–water partition coefficient (Wildman–Crippen LogP) is 0.686. The molecule has 0 saturated heterocycles. The highest BCUT2D eigenvalue weighted by Crippen LogP contribution is 2.20. The first-order chi connectivity index (χ1) is 8.78. The molecule has 9 heteroatoms. The van der Waals surface area contributed by atoms with Gasteiger partial charge in [0.25, 0.3) is 10.1 Å². The average Bonchev–Trinajstić information content (AvgIpc) is 2.24. The van der Waals surface area contributed by atoms with E-state index in [1.807, 2.05) is 13.8 Å². The zero-order chi connectivity index (χ0) is 14.9. The molecule has 0 aliphatic heterocycles. The monoisotopic (exact) mass is 315 g/mol. The first-order valence-electron chi connectivity index (χ1n) is 6.32. The maximum atomic E-state index is 11.1. The van der Waals surface area contributed by atoms with E-state index >= 15 is 0 Å². The summed E-state index contributed by atoms with van der Waals surface area (Å²) in [6, 6.07) is 0.530. The Labute approximate surface area is 116 Å². The molecule has 0 aliphatic carbocycles. The molecule has 0 rings (SSSR count). The molecule has 1 atom stereocenters. The molecule has 116 valence electrons. The molecule has 0 saturated carbocycles. The SMILES string of the molecule is CCO[Si](CCCN)(OCC)OC(C)OS(C)(=O)=O. The zero-order valence-corrected chi connectivity index (χ0v) is 13.9. The lowest BCUT2D eigenvalue weighted by Crippen LogP contribution is -2.49. The maximum Gasteiger partial charge on any atom is 0.502 e. The zero-order valence-electron chi connectivity index (χ0n) is 12.0. The van der Waals surface area contributed by atoms with E-state index in [2.05, 4.69) is 0 Å². The van der Waals surface area contributed by atoms with Crippen molar-refractivity contribution >= 4 is 18.9 Å². The summed E-state index contributed by atoms with van der Waals surface area (Å²) in [6.07, 6.45) is 0.701. The highest BCUT2D eigenvalue weighted by atomic mass is 32.2. The summed E-state index contributed by atoms with van der Waals surface area (Å²) in [5.41, 5.74) is 5.49. The molecule has 19 heavy (non-hydrogen) atoms. The van der Waals surface area contributed by atoms with Crippen LogP contribution in [0.15, 0.2) is 0 Å². The molecule has 0 fully saturated rings. The van der Waals surface area contributed by atoms with Crippen molar-refractivity contribution in [1.29, 1.82) is 0 Å². The van der Waals surface area contributed by atoms with Gasteiger partial charge in [-0.15, -0.1) is 0 Å². The first kappa shape index (κ1) is 19.0. The van der Waals surface area contributed by atoms with Gasteiger partial charge >= 0.3 is 8.80 Å². The molecule has 0 aromatic rings. The Morgan fingerprint density at radius 1 is 1.21 bits per heavy atom. The molecular weight excluding hydrogens is 290 g/mol. The number of hydrogen-bond donors (Lipinski definition) is 1. The number of rotatable bonds is 11. The van der Waals surface area contributed by atoms with E-state index < -0.39 is 25.2 Å². The smallest absolute Gasteiger partial charge is 0.374 e. The molecule has 0 aromatic carbocycles. The van der Waals surface area contributed by atoms with E-state index in [9.17, 15) is 8.42 Å². The molecule has 7 nitrogen and oxygen atoms in total. The molecular formula is C10H25NO6SSi. The van der Waals surface area contributed by atoms with Crippen LogP contribution in [-0.4, -0.2) is 49.5 Å². The van der Waals surface area contributed by atoms with Crippen LogP contribution in [-0.2, 0) is 27.6 Å². The summed E-state index contributed by atoms with van der Waals surface area (Å²) in [5.74, 6) is 0. The quantitative estimate of drug-likeness (QED) is 0.340. The van der Waals surface area contributed by atoms with Crippen molar-refractivity contribution in [3.63, 3.8) is 0 Å². The molecule has 0 radical (unpaired) electrons. The summed E-state index contributed by atoms with van der Waals surface area (Å²) in [7, 11) is -6.53. The van der Waals surface area contributed by atoms with Gasteiger partial charge in [-0.1, -0.05) is 0 Å². The number of hydrogen-bond acceptors (Lipinski definition) is 7. The summed E-state index contributed by atoms with van der Waals surface area (Å²) < 4.78 is 43.8. The summed E-state index contributed by atoms with van der Waals surface area (Å²) in [4.78, 5) is 0. The van der Waals surface area contributed by atoms with Crippen LogP contribution in [0.2, 0.25) is 6.04 Å². The molecule has 0 aliphatic rings. The minimum atomic E-state index is -3.58. The Kier molecular flexibility index (Phi) is 8.99. The van der Waals surface area contributed by atoms with E-state index in [1.54, 1.807) is 0 Å². The van der Waals surface area contributed by atoms with Gasteiger partial charge in [-0.2, -0.15) is 8.42 Å². The van der Waals surface area contributed by atoms with Gasteiger partial charge in [0, 0.05) is 19.3 Å². The van der Waals surface area contributed by atoms with E-state index in [0.29, 0.717) is 32.2 Å². The molecule has 0 amide bonds. The molecule has 0 heterocycles. The predicted molar refractivity (Wildman–Crippen MR) is 74.0 cm³/mol. The lowest BCUT2D eigenvalue weighted by molar-refractivity contribution is -0.0451. The van der Waals surface area contributed by atoms with E-state index in [-0.39, 0.29) is 0 Å². The molecule has 2 N–H and O–H groups in total. The van der Waals surface area contributed by atoms with Crippen LogP contribution >= 0.6 is 0 Å². The van der Waals surface area contributed by atoms with Gasteiger partial charge in [0.15, 0.2) is 6.29 Å². The van der Waals surface area contributed by atoms with Crippen molar-refractivity contribution in [1.82, 2.24) is 0 Å². The molecule has 1 unspecified atom stereocenters. The average molecular weight is 315 g/mol. The van der Waals surface area contributed by atoms with E-state index in [0.717, 1.165) is 6.26 Å². The van der Waals surface area contributed by atoms with Crippen LogP contribution in [0, 0.1) is 0 Å². The van der Waals surface area contributed by atoms with Gasteiger partial charge in [0.1, 0.15) is 0 Å². The lowest BCUT2D eigenvalue weighted by atomic mass is 10.5. The summed E-state index contributed by atoms with van der Waals surface area (Å²) in [6.45, 7) is 6.48. The van der Waals surface area contributed by atoms with Crippen LogP contribution in [0.25, 0.3) is 0 Å². The number of nitrogens with two attached hydrogens (primary N) is 1. The van der Waals surface area contributed by atoms with Gasteiger partial charge in [0.05, 0.1) is 6.26 Å². The second-order valence-corrected chi connectivity index (χ2v) is 8.21. The van der Waals surface area contributed by atoms with E-state index in [4.69, 9.17) is 23.2 Å². The molecule has 0 bridgehead atoms. The van der Waals surface area contributed by atoms with Crippen LogP contribution in [0.1, 0.15) is 27.2 Å². The fraction of sp³-hybridized carbons (Fsp3) is 1.00. The third-order valence-corrected chi connectivity index (χ3v) is 5.81. The fourth-order valence-corrected chi connectivity index (χ4v) is 4.89. The summed E-state index contributed by atoms with van der Waals surface area (Å²) >= 11 is 0. The van der Waals surface area contributed by atoms with Crippen molar-refractivity contribution in [3.8, 4) is 0 Å². The Hall–Kier alpha value is -0.0331. The van der Waals surface area contributed by atoms with Crippen LogP contribution in [0.4, 0.5) is 0 Å². The van der Waals surface area contributed by atoms with Crippen LogP contribution in [0.3, 0.4) is 0 Å². The lowest BCUT2D eigenvalue weighted by Gasteiger charge is -2.31. The third kappa shape index (κ3) is 8.68. The Morgan fingerprint density at radius 2 is 1.74 bits per heavy atom. The van der Waals surface area contributed by atoms with Crippen molar-refractivity contribution in [3.05, 3.63) is 0 Å². The van der Waals surface area contributed by atoms with Gasteiger partial charge in [0.2, 0.25) is 0 Å². The Morgan fingerprint density at radius 3 is 2.11 bits per heavy atom. The van der Waals surface area contributed by atoms with Crippen LogP contribution < -0.4 is 5.73 Å².